The fraction of sp³-hybridized carbons (Fsp3) is 0.133. The molecule has 0 saturated carbocycles. The molecule has 21 heavy (non-hydrogen) atoms. The van der Waals surface area contributed by atoms with Crippen molar-refractivity contribution < 1.29 is 14.6 Å². The Morgan fingerprint density at radius 1 is 1.33 bits per heavy atom. The number of nitrogens with one attached hydrogen (secondary N) is 1. The number of H-pyrrole nitrogens is 1. The summed E-state index contributed by atoms with van der Waals surface area (Å²) >= 11 is 0. The fourth-order valence-corrected chi connectivity index (χ4v) is 2.33. The standard InChI is InChI=1S/C15H13N3O3/c1-8-5-6-10-12(17-8)11(13(18-10)15(19)20)9-4-3-7-16-14(9)21-2/h3-7,18H,1-2H3,(H,19,20). The highest BCUT2D eigenvalue weighted by atomic mass is 16.5. The van der Waals surface area contributed by atoms with Gasteiger partial charge in [0, 0.05) is 23.0 Å². The van der Waals surface area contributed by atoms with E-state index in [0.717, 1.165) is 5.69 Å². The highest BCUT2D eigenvalue weighted by molar-refractivity contribution is 6.06. The van der Waals surface area contributed by atoms with E-state index in [-0.39, 0.29) is 5.69 Å². The molecular formula is C15H13N3O3. The summed E-state index contributed by atoms with van der Waals surface area (Å²) in [6.45, 7) is 1.86. The number of pyridine rings is 2. The summed E-state index contributed by atoms with van der Waals surface area (Å²) in [5.41, 5.74) is 3.24. The molecule has 6 heteroatoms. The van der Waals surface area contributed by atoms with Crippen LogP contribution in [0.5, 0.6) is 5.88 Å². The van der Waals surface area contributed by atoms with Crippen molar-refractivity contribution >= 4 is 17.0 Å². The largest absolute Gasteiger partial charge is 0.481 e. The molecule has 0 aliphatic carbocycles. The van der Waals surface area contributed by atoms with E-state index in [1.807, 2.05) is 19.1 Å². The van der Waals surface area contributed by atoms with E-state index in [1.165, 1.54) is 7.11 Å². The van der Waals surface area contributed by atoms with Crippen molar-refractivity contribution in [1.29, 1.82) is 0 Å². The minimum atomic E-state index is -1.05. The van der Waals surface area contributed by atoms with Crippen LogP contribution in [0.3, 0.4) is 0 Å². The predicted octanol–water partition coefficient (Wildman–Crippen LogP) is 2.64. The Balaban J connectivity index is 2.41. The number of hydrogen-bond acceptors (Lipinski definition) is 4. The lowest BCUT2D eigenvalue weighted by molar-refractivity contribution is 0.0692. The number of nitrogens with zero attached hydrogens (tertiary/aromatic N) is 2. The van der Waals surface area contributed by atoms with E-state index < -0.39 is 5.97 Å². The molecule has 3 rings (SSSR count). The maximum atomic E-state index is 11.5. The van der Waals surface area contributed by atoms with Crippen molar-refractivity contribution in [2.24, 2.45) is 0 Å². The summed E-state index contributed by atoms with van der Waals surface area (Å²) in [5, 5.41) is 9.44. The van der Waals surface area contributed by atoms with Crippen LogP contribution in [-0.2, 0) is 0 Å². The van der Waals surface area contributed by atoms with Gasteiger partial charge in [0.2, 0.25) is 5.88 Å². The molecule has 106 valence electrons. The number of rotatable bonds is 3. The third kappa shape index (κ3) is 2.10. The van der Waals surface area contributed by atoms with E-state index in [9.17, 15) is 9.90 Å². The number of aromatic amines is 1. The van der Waals surface area contributed by atoms with E-state index in [4.69, 9.17) is 4.74 Å². The zero-order valence-electron chi connectivity index (χ0n) is 11.5. The van der Waals surface area contributed by atoms with Gasteiger partial charge in [-0.15, -0.1) is 0 Å². The van der Waals surface area contributed by atoms with Gasteiger partial charge in [0.25, 0.3) is 0 Å². The normalized spacial score (nSPS) is 10.8. The van der Waals surface area contributed by atoms with Gasteiger partial charge in [-0.25, -0.2) is 9.78 Å². The molecule has 0 aliphatic rings. The lowest BCUT2D eigenvalue weighted by Crippen LogP contribution is -2.00. The molecular weight excluding hydrogens is 270 g/mol. The number of carbonyl (C=O) groups is 1. The van der Waals surface area contributed by atoms with Gasteiger partial charge in [0.15, 0.2) is 0 Å². The second-order valence-electron chi connectivity index (χ2n) is 4.59. The number of carboxylic acid groups (broad SMARTS) is 1. The first-order valence-corrected chi connectivity index (χ1v) is 6.34. The molecule has 0 amide bonds. The van der Waals surface area contributed by atoms with Crippen LogP contribution in [0.15, 0.2) is 30.5 Å². The van der Waals surface area contributed by atoms with Gasteiger partial charge in [-0.2, -0.15) is 0 Å². The van der Waals surface area contributed by atoms with Crippen molar-refractivity contribution in [3.63, 3.8) is 0 Å². The summed E-state index contributed by atoms with van der Waals surface area (Å²) in [4.78, 5) is 23.0. The summed E-state index contributed by atoms with van der Waals surface area (Å²) < 4.78 is 5.24. The summed E-state index contributed by atoms with van der Waals surface area (Å²) in [6, 6.07) is 7.15. The van der Waals surface area contributed by atoms with Crippen LogP contribution < -0.4 is 4.74 Å². The van der Waals surface area contributed by atoms with Crippen LogP contribution in [0, 0.1) is 6.92 Å². The molecule has 0 radical (unpaired) electrons. The second kappa shape index (κ2) is 4.90. The van der Waals surface area contributed by atoms with Gasteiger partial charge in [-0.05, 0) is 31.2 Å². The van der Waals surface area contributed by atoms with Crippen molar-refractivity contribution in [1.82, 2.24) is 15.0 Å². The molecule has 0 unspecified atom stereocenters. The average molecular weight is 283 g/mol. The molecule has 6 nitrogen and oxygen atoms in total. The second-order valence-corrected chi connectivity index (χ2v) is 4.59. The number of aryl methyl sites for hydroxylation is 1. The zero-order valence-corrected chi connectivity index (χ0v) is 11.5. The molecule has 0 spiro atoms. The molecule has 0 aliphatic heterocycles. The molecule has 3 heterocycles. The van der Waals surface area contributed by atoms with E-state index in [0.29, 0.717) is 28.0 Å². The Kier molecular flexibility index (Phi) is 3.06. The van der Waals surface area contributed by atoms with Crippen molar-refractivity contribution in [3.05, 3.63) is 41.9 Å². The maximum Gasteiger partial charge on any atom is 0.353 e. The van der Waals surface area contributed by atoms with Gasteiger partial charge in [0.05, 0.1) is 18.1 Å². The molecule has 0 saturated heterocycles. The van der Waals surface area contributed by atoms with Crippen LogP contribution in [0.2, 0.25) is 0 Å². The van der Waals surface area contributed by atoms with Crippen LogP contribution >= 0.6 is 0 Å². The van der Waals surface area contributed by atoms with Crippen molar-refractivity contribution in [2.45, 2.75) is 6.92 Å². The minimum absolute atomic E-state index is 0.0781. The van der Waals surface area contributed by atoms with Gasteiger partial charge in [-0.1, -0.05) is 0 Å². The Bertz CT molecular complexity index is 839. The number of aromatic carboxylic acids is 1. The number of aromatic nitrogens is 3. The molecule has 0 bridgehead atoms. The van der Waals surface area contributed by atoms with Crippen LogP contribution in [0.25, 0.3) is 22.2 Å². The topological polar surface area (TPSA) is 88.1 Å². The summed E-state index contributed by atoms with van der Waals surface area (Å²) in [7, 11) is 1.50. The van der Waals surface area contributed by atoms with E-state index in [1.54, 1.807) is 18.3 Å². The van der Waals surface area contributed by atoms with Gasteiger partial charge < -0.3 is 14.8 Å². The van der Waals surface area contributed by atoms with Crippen LogP contribution in [-0.4, -0.2) is 33.1 Å². The van der Waals surface area contributed by atoms with Gasteiger partial charge in [-0.3, -0.25) is 4.98 Å². The van der Waals surface area contributed by atoms with Crippen LogP contribution in [0.1, 0.15) is 16.2 Å². The number of hydrogen-bond donors (Lipinski definition) is 2. The molecule has 3 aromatic rings. The summed E-state index contributed by atoms with van der Waals surface area (Å²) in [5.74, 6) is -0.684. The molecule has 0 fully saturated rings. The minimum Gasteiger partial charge on any atom is -0.481 e. The average Bonchev–Trinajstić information content (AvgIpc) is 2.85. The number of methoxy groups -OCH3 is 1. The monoisotopic (exact) mass is 283 g/mol. The first-order valence-electron chi connectivity index (χ1n) is 6.34. The fourth-order valence-electron chi connectivity index (χ4n) is 2.33. The highest BCUT2D eigenvalue weighted by Crippen LogP contribution is 2.35. The zero-order chi connectivity index (χ0) is 15.0. The Morgan fingerprint density at radius 3 is 2.86 bits per heavy atom. The third-order valence-electron chi connectivity index (χ3n) is 3.23. The highest BCUT2D eigenvalue weighted by Gasteiger charge is 2.22. The molecule has 0 atom stereocenters. The lowest BCUT2D eigenvalue weighted by Gasteiger charge is -2.07. The molecule has 0 aromatic carbocycles. The Hall–Kier alpha value is -2.89. The Morgan fingerprint density at radius 2 is 2.14 bits per heavy atom. The quantitative estimate of drug-likeness (QED) is 0.771. The number of fused-ring (bicyclic) bond motifs is 1. The van der Waals surface area contributed by atoms with Gasteiger partial charge >= 0.3 is 5.97 Å². The van der Waals surface area contributed by atoms with Crippen molar-refractivity contribution in [2.75, 3.05) is 7.11 Å². The maximum absolute atomic E-state index is 11.5. The van der Waals surface area contributed by atoms with Crippen LogP contribution in [0.4, 0.5) is 0 Å². The first kappa shape index (κ1) is 13.1. The van der Waals surface area contributed by atoms with Crippen molar-refractivity contribution in [3.8, 4) is 17.0 Å². The number of ether oxygens (including phenoxy) is 1. The Labute approximate surface area is 120 Å². The third-order valence-corrected chi connectivity index (χ3v) is 3.23. The predicted molar refractivity (Wildman–Crippen MR) is 77.6 cm³/mol. The first-order chi connectivity index (χ1) is 10.1. The van der Waals surface area contributed by atoms with E-state index in [2.05, 4.69) is 15.0 Å². The summed E-state index contributed by atoms with van der Waals surface area (Å²) in [6.07, 6.45) is 1.59. The smallest absolute Gasteiger partial charge is 0.353 e. The molecule has 2 N–H and O–H groups in total. The van der Waals surface area contributed by atoms with Gasteiger partial charge in [0.1, 0.15) is 5.69 Å². The lowest BCUT2D eigenvalue weighted by atomic mass is 10.1. The SMILES string of the molecule is COc1ncccc1-c1c(C(=O)O)[nH]c2ccc(C)nc12. The number of carboxylic acids is 1. The molecule has 3 aromatic heterocycles. The van der Waals surface area contributed by atoms with E-state index >= 15 is 0 Å².